The van der Waals surface area contributed by atoms with Crippen LogP contribution in [0.2, 0.25) is 5.02 Å². The summed E-state index contributed by atoms with van der Waals surface area (Å²) in [5.41, 5.74) is 2.69. The molecule has 11 nitrogen and oxygen atoms in total. The highest BCUT2D eigenvalue weighted by molar-refractivity contribution is 6.30. The van der Waals surface area contributed by atoms with E-state index >= 15 is 0 Å². The number of nitriles is 1. The number of nitrogens with one attached hydrogen (secondary N) is 2. The molecule has 12 heteroatoms. The summed E-state index contributed by atoms with van der Waals surface area (Å²) < 4.78 is 18.0. The molecule has 0 atom stereocenters. The van der Waals surface area contributed by atoms with Gasteiger partial charge in [0.25, 0.3) is 5.91 Å². The van der Waals surface area contributed by atoms with Crippen LogP contribution in [0.3, 0.4) is 0 Å². The number of furan rings is 1. The molecule has 0 aliphatic carbocycles. The Balaban J connectivity index is 1.51. The second-order valence-electron chi connectivity index (χ2n) is 9.55. The fourth-order valence-electron chi connectivity index (χ4n) is 4.47. The summed E-state index contributed by atoms with van der Waals surface area (Å²) >= 11 is 6.24. The van der Waals surface area contributed by atoms with Gasteiger partial charge >= 0.3 is 0 Å². The number of amides is 2. The number of hydrogen-bond donors (Lipinski definition) is 2. The zero-order valence-corrected chi connectivity index (χ0v) is 24.4. The topological polar surface area (TPSA) is 144 Å². The van der Waals surface area contributed by atoms with E-state index < -0.39 is 5.91 Å². The number of pyridine rings is 1. The number of halogens is 1. The van der Waals surface area contributed by atoms with Gasteiger partial charge in [-0.2, -0.15) is 5.26 Å². The number of aromatic nitrogens is 3. The van der Waals surface area contributed by atoms with E-state index in [0.717, 1.165) is 0 Å². The number of carbonyl (C=O) groups is 2. The Bertz CT molecular complexity index is 1800. The fraction of sp³-hybridized carbons (Fsp3) is 0.156. The van der Waals surface area contributed by atoms with Crippen molar-refractivity contribution in [2.45, 2.75) is 19.4 Å². The van der Waals surface area contributed by atoms with Gasteiger partial charge < -0.3 is 29.1 Å². The molecular weight excluding hydrogens is 584 g/mol. The number of anilines is 2. The first-order chi connectivity index (χ1) is 21.4. The van der Waals surface area contributed by atoms with Gasteiger partial charge in [0.05, 0.1) is 18.3 Å². The quantitative estimate of drug-likeness (QED) is 0.155. The van der Waals surface area contributed by atoms with Crippen molar-refractivity contribution in [3.05, 3.63) is 102 Å². The highest BCUT2D eigenvalue weighted by Crippen LogP contribution is 2.38. The smallest absolute Gasteiger partial charge is 0.292 e. The predicted octanol–water partition coefficient (Wildman–Crippen LogP) is 6.38. The number of nitrogens with zero attached hydrogens (tertiary/aromatic N) is 4. The normalized spacial score (nSPS) is 10.7. The van der Waals surface area contributed by atoms with Gasteiger partial charge in [-0.1, -0.05) is 23.7 Å². The third-order valence-electron chi connectivity index (χ3n) is 6.50. The van der Waals surface area contributed by atoms with Crippen LogP contribution < -0.4 is 15.4 Å². The summed E-state index contributed by atoms with van der Waals surface area (Å²) in [6, 6.07) is 19.1. The zero-order valence-electron chi connectivity index (χ0n) is 23.6. The molecule has 0 fully saturated rings. The summed E-state index contributed by atoms with van der Waals surface area (Å²) in [4.78, 5) is 34.3. The molecule has 2 N–H and O–H groups in total. The lowest BCUT2D eigenvalue weighted by atomic mass is 9.97. The lowest BCUT2D eigenvalue weighted by molar-refractivity contribution is -0.116. The molecule has 0 saturated carbocycles. The molecule has 0 unspecified atom stereocenters. The van der Waals surface area contributed by atoms with Crippen molar-refractivity contribution in [3.8, 4) is 34.2 Å². The first-order valence-corrected chi connectivity index (χ1v) is 13.9. The molecule has 0 aliphatic heterocycles. The number of rotatable bonds is 12. The Kier molecular flexibility index (Phi) is 9.66. The van der Waals surface area contributed by atoms with Gasteiger partial charge in [0, 0.05) is 54.3 Å². The molecule has 2 aromatic carbocycles. The van der Waals surface area contributed by atoms with Crippen LogP contribution in [-0.2, 0) is 16.1 Å². The highest BCUT2D eigenvalue weighted by Gasteiger charge is 2.21. The third-order valence-corrected chi connectivity index (χ3v) is 6.73. The zero-order chi connectivity index (χ0) is 30.9. The molecule has 0 saturated heterocycles. The summed E-state index contributed by atoms with van der Waals surface area (Å²) in [5, 5.41) is 16.3. The number of benzene rings is 2. The van der Waals surface area contributed by atoms with Crippen molar-refractivity contribution in [2.75, 3.05) is 24.5 Å². The minimum Gasteiger partial charge on any atom is -0.467 e. The molecule has 3 heterocycles. The van der Waals surface area contributed by atoms with Crippen molar-refractivity contribution < 1.29 is 23.5 Å². The molecular formula is C32H27ClN6O5. The van der Waals surface area contributed by atoms with Crippen molar-refractivity contribution in [1.29, 1.82) is 5.26 Å². The summed E-state index contributed by atoms with van der Waals surface area (Å²) in [6.07, 6.45) is 7.58. The predicted molar refractivity (Wildman–Crippen MR) is 164 cm³/mol. The summed E-state index contributed by atoms with van der Waals surface area (Å²) in [5.74, 6) is -0.266. The maximum absolute atomic E-state index is 13.0. The van der Waals surface area contributed by atoms with Crippen LogP contribution >= 0.6 is 11.6 Å². The number of imidazole rings is 1. The van der Waals surface area contributed by atoms with E-state index in [-0.39, 0.29) is 29.8 Å². The second kappa shape index (κ2) is 14.2. The number of methoxy groups -OCH3 is 1. The van der Waals surface area contributed by atoms with Crippen molar-refractivity contribution in [3.63, 3.8) is 0 Å². The molecule has 0 aliphatic rings. The molecule has 2 amide bonds. The average Bonchev–Trinajstić information content (AvgIpc) is 3.75. The van der Waals surface area contributed by atoms with Crippen LogP contribution in [0.25, 0.3) is 22.4 Å². The molecule has 44 heavy (non-hydrogen) atoms. The number of carbonyl (C=O) groups excluding carboxylic acids is 2. The molecule has 3 aromatic heterocycles. The van der Waals surface area contributed by atoms with E-state index in [1.807, 2.05) is 10.8 Å². The van der Waals surface area contributed by atoms with Crippen LogP contribution in [0.15, 0.2) is 90.1 Å². The average molecular weight is 611 g/mol. The van der Waals surface area contributed by atoms with Gasteiger partial charge in [0.1, 0.15) is 17.4 Å². The lowest BCUT2D eigenvalue weighted by Crippen LogP contribution is -2.14. The number of hydrogen-bond acceptors (Lipinski definition) is 8. The van der Waals surface area contributed by atoms with Gasteiger partial charge in [-0.15, -0.1) is 0 Å². The Morgan fingerprint density at radius 1 is 1.09 bits per heavy atom. The van der Waals surface area contributed by atoms with Crippen LogP contribution in [-0.4, -0.2) is 40.3 Å². The van der Waals surface area contributed by atoms with E-state index in [2.05, 4.69) is 26.7 Å². The van der Waals surface area contributed by atoms with Gasteiger partial charge in [-0.25, -0.2) is 9.97 Å². The van der Waals surface area contributed by atoms with Crippen molar-refractivity contribution in [1.82, 2.24) is 14.5 Å². The molecule has 0 bridgehead atoms. The van der Waals surface area contributed by atoms with Crippen molar-refractivity contribution >= 4 is 34.9 Å². The monoisotopic (exact) mass is 610 g/mol. The molecule has 222 valence electrons. The standard InChI is InChI=1S/C32H27ClN6O5/c1-42-20-44-29-16-22(33)9-10-24(29)27-17-25(26(18-34)31(37-27)38-32(41)28-7-4-14-43-28)21-5-2-6-23(15-21)36-30(40)8-3-12-39-13-11-35-19-39/h2,4-7,9-11,13-17,19H,3,8,12,20H2,1H3,(H,36,40)(H,37,38,41). The summed E-state index contributed by atoms with van der Waals surface area (Å²) in [6.45, 7) is 0.634. The van der Waals surface area contributed by atoms with Crippen LogP contribution in [0.1, 0.15) is 29.0 Å². The maximum atomic E-state index is 13.0. The molecule has 5 rings (SSSR count). The van der Waals surface area contributed by atoms with Crippen LogP contribution in [0, 0.1) is 11.3 Å². The largest absolute Gasteiger partial charge is 0.467 e. The Morgan fingerprint density at radius 3 is 2.73 bits per heavy atom. The van der Waals surface area contributed by atoms with E-state index in [9.17, 15) is 14.9 Å². The minimum atomic E-state index is -0.578. The number of ether oxygens (including phenoxy) is 2. The maximum Gasteiger partial charge on any atom is 0.292 e. The summed E-state index contributed by atoms with van der Waals surface area (Å²) in [7, 11) is 1.50. The van der Waals surface area contributed by atoms with Gasteiger partial charge in [-0.3, -0.25) is 9.59 Å². The van der Waals surface area contributed by atoms with Crippen LogP contribution in [0.5, 0.6) is 5.75 Å². The second-order valence-corrected chi connectivity index (χ2v) is 9.98. The van der Waals surface area contributed by atoms with Gasteiger partial charge in [0.15, 0.2) is 18.4 Å². The Hall–Kier alpha value is -5.44. The SMILES string of the molecule is COCOc1cc(Cl)ccc1-c1cc(-c2cccc(NC(=O)CCCn3ccnc3)c2)c(C#N)c(NC(=O)c2ccco2)n1. The molecule has 0 spiro atoms. The van der Waals surface area contributed by atoms with E-state index in [0.29, 0.717) is 58.2 Å². The first-order valence-electron chi connectivity index (χ1n) is 13.5. The molecule has 5 aromatic rings. The lowest BCUT2D eigenvalue weighted by Gasteiger charge is -2.16. The number of aryl methyl sites for hydroxylation is 1. The van der Waals surface area contributed by atoms with Crippen LogP contribution in [0.4, 0.5) is 11.5 Å². The Labute approximate surface area is 258 Å². The fourth-order valence-corrected chi connectivity index (χ4v) is 4.63. The van der Waals surface area contributed by atoms with E-state index in [4.69, 9.17) is 25.5 Å². The molecule has 0 radical (unpaired) electrons. The highest BCUT2D eigenvalue weighted by atomic mass is 35.5. The van der Waals surface area contributed by atoms with E-state index in [1.54, 1.807) is 67.1 Å². The Morgan fingerprint density at radius 2 is 1.98 bits per heavy atom. The van der Waals surface area contributed by atoms with Gasteiger partial charge in [-0.05, 0) is 60.5 Å². The van der Waals surface area contributed by atoms with Crippen molar-refractivity contribution in [2.24, 2.45) is 0 Å². The minimum absolute atomic E-state index is 0.0166. The first kappa shape index (κ1) is 30.0. The van der Waals surface area contributed by atoms with Gasteiger partial charge in [0.2, 0.25) is 5.91 Å². The van der Waals surface area contributed by atoms with E-state index in [1.165, 1.54) is 19.4 Å². The third kappa shape index (κ3) is 7.30.